The van der Waals surface area contributed by atoms with Gasteiger partial charge in [0.2, 0.25) is 5.91 Å². The first-order valence-corrected chi connectivity index (χ1v) is 29.6. The monoisotopic (exact) mass is 930 g/mol. The number of unbranched alkanes of at least 4 members (excludes halogenated alkanes) is 40. The highest BCUT2D eigenvalue weighted by Crippen LogP contribution is 2.17. The summed E-state index contributed by atoms with van der Waals surface area (Å²) in [5.74, 6) is -0.0505. The second kappa shape index (κ2) is 55.9. The minimum absolute atomic E-state index is 0.00441. The van der Waals surface area contributed by atoms with Gasteiger partial charge >= 0.3 is 5.97 Å². The number of nitrogens with one attached hydrogen (secondary N) is 1. The lowest BCUT2D eigenvalue weighted by molar-refractivity contribution is -0.143. The Morgan fingerprint density at radius 3 is 1.08 bits per heavy atom. The Kier molecular flexibility index (Phi) is 54.5. The standard InChI is InChI=1S/C60H115NO5/c1-3-5-7-9-11-13-15-17-19-20-23-26-30-34-38-42-46-50-54-60(65)66-55-51-47-43-39-35-31-27-24-21-22-25-29-33-37-41-45-49-53-59(64)61-57(56-62)58(63)52-48-44-40-36-32-28-18-16-14-12-10-8-6-4-2/h19-21,24,57-58,62-63H,3-18,22-23,25-56H2,1-2H3,(H,61,64)/b20-19-,24-21-. The van der Waals surface area contributed by atoms with Crippen LogP contribution >= 0.6 is 0 Å². The van der Waals surface area contributed by atoms with Crippen LogP contribution in [0.1, 0.15) is 322 Å². The summed E-state index contributed by atoms with van der Waals surface area (Å²) in [6.45, 7) is 4.94. The Balaban J connectivity index is 3.44. The molecule has 0 aliphatic rings. The molecule has 0 saturated heterocycles. The normalized spacial score (nSPS) is 12.7. The van der Waals surface area contributed by atoms with Crippen LogP contribution in [0.25, 0.3) is 0 Å². The number of hydrogen-bond acceptors (Lipinski definition) is 5. The van der Waals surface area contributed by atoms with E-state index in [9.17, 15) is 19.8 Å². The Morgan fingerprint density at radius 1 is 0.409 bits per heavy atom. The summed E-state index contributed by atoms with van der Waals surface area (Å²) in [6, 6.07) is -0.550. The zero-order chi connectivity index (χ0) is 47.9. The minimum atomic E-state index is -0.672. The van der Waals surface area contributed by atoms with Crippen LogP contribution in [-0.4, -0.2) is 47.4 Å². The first-order valence-electron chi connectivity index (χ1n) is 29.6. The molecule has 0 bridgehead atoms. The summed E-state index contributed by atoms with van der Waals surface area (Å²) in [4.78, 5) is 24.5. The smallest absolute Gasteiger partial charge is 0.305 e. The number of aliphatic hydroxyl groups is 2. The van der Waals surface area contributed by atoms with Crippen molar-refractivity contribution in [3.05, 3.63) is 24.3 Å². The van der Waals surface area contributed by atoms with Crippen LogP contribution in [0.4, 0.5) is 0 Å². The van der Waals surface area contributed by atoms with Gasteiger partial charge in [-0.1, -0.05) is 256 Å². The summed E-state index contributed by atoms with van der Waals surface area (Å²) in [5, 5.41) is 23.2. The van der Waals surface area contributed by atoms with Crippen LogP contribution in [0.15, 0.2) is 24.3 Å². The fourth-order valence-electron chi connectivity index (χ4n) is 9.16. The molecule has 6 heteroatoms. The van der Waals surface area contributed by atoms with E-state index in [-0.39, 0.29) is 18.5 Å². The number of hydrogen-bond donors (Lipinski definition) is 3. The number of rotatable bonds is 55. The summed E-state index contributed by atoms with van der Waals surface area (Å²) in [5.41, 5.74) is 0. The third kappa shape index (κ3) is 51.7. The number of amides is 1. The van der Waals surface area contributed by atoms with Crippen LogP contribution < -0.4 is 5.32 Å². The van der Waals surface area contributed by atoms with Crippen LogP contribution in [-0.2, 0) is 14.3 Å². The zero-order valence-corrected chi connectivity index (χ0v) is 44.4. The van der Waals surface area contributed by atoms with Gasteiger partial charge in [-0.2, -0.15) is 0 Å². The van der Waals surface area contributed by atoms with Crippen LogP contribution in [0.2, 0.25) is 0 Å². The molecule has 0 aliphatic heterocycles. The van der Waals surface area contributed by atoms with Crippen molar-refractivity contribution < 1.29 is 24.5 Å². The molecule has 0 radical (unpaired) electrons. The molecule has 0 fully saturated rings. The van der Waals surface area contributed by atoms with Gasteiger partial charge in [-0.3, -0.25) is 9.59 Å². The summed E-state index contributed by atoms with van der Waals surface area (Å²) < 4.78 is 5.48. The van der Waals surface area contributed by atoms with Crippen molar-refractivity contribution in [1.82, 2.24) is 5.32 Å². The van der Waals surface area contributed by atoms with E-state index in [4.69, 9.17) is 4.74 Å². The molecule has 0 aliphatic carbocycles. The second-order valence-electron chi connectivity index (χ2n) is 20.3. The van der Waals surface area contributed by atoms with Crippen molar-refractivity contribution in [2.75, 3.05) is 13.2 Å². The third-order valence-electron chi connectivity index (χ3n) is 13.7. The molecule has 66 heavy (non-hydrogen) atoms. The molecule has 2 atom stereocenters. The van der Waals surface area contributed by atoms with Gasteiger partial charge < -0.3 is 20.3 Å². The molecule has 2 unspecified atom stereocenters. The molecule has 0 rings (SSSR count). The summed E-state index contributed by atoms with van der Waals surface area (Å²) in [7, 11) is 0. The van der Waals surface area contributed by atoms with E-state index in [0.29, 0.717) is 25.9 Å². The van der Waals surface area contributed by atoms with Gasteiger partial charge in [0, 0.05) is 12.8 Å². The van der Waals surface area contributed by atoms with Crippen molar-refractivity contribution in [3.63, 3.8) is 0 Å². The van der Waals surface area contributed by atoms with Crippen molar-refractivity contribution >= 4 is 11.9 Å². The lowest BCUT2D eigenvalue weighted by Gasteiger charge is -2.22. The van der Waals surface area contributed by atoms with E-state index in [1.807, 2.05) is 0 Å². The number of ether oxygens (including phenoxy) is 1. The molecule has 0 spiro atoms. The van der Waals surface area contributed by atoms with E-state index in [0.717, 1.165) is 57.8 Å². The molecule has 3 N–H and O–H groups in total. The highest BCUT2D eigenvalue weighted by Gasteiger charge is 2.20. The first kappa shape index (κ1) is 64.3. The minimum Gasteiger partial charge on any atom is -0.466 e. The van der Waals surface area contributed by atoms with Gasteiger partial charge in [0.15, 0.2) is 0 Å². The van der Waals surface area contributed by atoms with Crippen molar-refractivity contribution in [2.24, 2.45) is 0 Å². The fourth-order valence-corrected chi connectivity index (χ4v) is 9.16. The first-order chi connectivity index (χ1) is 32.5. The van der Waals surface area contributed by atoms with Gasteiger partial charge in [0.05, 0.1) is 25.4 Å². The molecule has 0 aromatic carbocycles. The molecule has 0 heterocycles. The summed E-state index contributed by atoms with van der Waals surface area (Å²) in [6.07, 6.45) is 67.4. The van der Waals surface area contributed by atoms with Crippen LogP contribution in [0, 0.1) is 0 Å². The molecule has 0 saturated carbocycles. The number of carbonyl (C=O) groups excluding carboxylic acids is 2. The van der Waals surface area contributed by atoms with Crippen LogP contribution in [0.3, 0.4) is 0 Å². The molecular formula is C60H115NO5. The number of esters is 1. The third-order valence-corrected chi connectivity index (χ3v) is 13.7. The Bertz CT molecular complexity index is 1030. The average Bonchev–Trinajstić information content (AvgIpc) is 3.32. The van der Waals surface area contributed by atoms with Crippen LogP contribution in [0.5, 0.6) is 0 Å². The Hall–Kier alpha value is -1.66. The largest absolute Gasteiger partial charge is 0.466 e. The number of aliphatic hydroxyl groups excluding tert-OH is 2. The predicted octanol–water partition coefficient (Wildman–Crippen LogP) is 18.2. The predicted molar refractivity (Wildman–Crippen MR) is 287 cm³/mol. The van der Waals surface area contributed by atoms with E-state index >= 15 is 0 Å². The van der Waals surface area contributed by atoms with Gasteiger partial charge in [0.25, 0.3) is 0 Å². The molecule has 1 amide bonds. The number of carbonyl (C=O) groups is 2. The van der Waals surface area contributed by atoms with Gasteiger partial charge in [0.1, 0.15) is 0 Å². The fraction of sp³-hybridized carbons (Fsp3) is 0.900. The van der Waals surface area contributed by atoms with E-state index < -0.39 is 12.1 Å². The topological polar surface area (TPSA) is 95.9 Å². The molecule has 0 aromatic rings. The Morgan fingerprint density at radius 2 is 0.712 bits per heavy atom. The van der Waals surface area contributed by atoms with E-state index in [1.165, 1.54) is 231 Å². The lowest BCUT2D eigenvalue weighted by atomic mass is 10.0. The summed E-state index contributed by atoms with van der Waals surface area (Å²) >= 11 is 0. The highest BCUT2D eigenvalue weighted by molar-refractivity contribution is 5.76. The lowest BCUT2D eigenvalue weighted by Crippen LogP contribution is -2.45. The quantitative estimate of drug-likeness (QED) is 0.0321. The average molecular weight is 931 g/mol. The maximum Gasteiger partial charge on any atom is 0.305 e. The Labute approximate surface area is 411 Å². The highest BCUT2D eigenvalue weighted by atomic mass is 16.5. The number of allylic oxidation sites excluding steroid dienone is 4. The maximum absolute atomic E-state index is 12.5. The molecule has 0 aromatic heterocycles. The molecular weight excluding hydrogens is 815 g/mol. The van der Waals surface area contributed by atoms with Crippen molar-refractivity contribution in [2.45, 2.75) is 334 Å². The zero-order valence-electron chi connectivity index (χ0n) is 44.4. The van der Waals surface area contributed by atoms with Crippen molar-refractivity contribution in [1.29, 1.82) is 0 Å². The second-order valence-corrected chi connectivity index (χ2v) is 20.3. The van der Waals surface area contributed by atoms with Gasteiger partial charge in [-0.05, 0) is 77.0 Å². The molecule has 390 valence electrons. The van der Waals surface area contributed by atoms with E-state index in [1.54, 1.807) is 0 Å². The maximum atomic E-state index is 12.5. The molecule has 6 nitrogen and oxygen atoms in total. The van der Waals surface area contributed by atoms with Crippen molar-refractivity contribution in [3.8, 4) is 0 Å². The van der Waals surface area contributed by atoms with Gasteiger partial charge in [-0.15, -0.1) is 0 Å². The van der Waals surface area contributed by atoms with Gasteiger partial charge in [-0.25, -0.2) is 0 Å². The van der Waals surface area contributed by atoms with E-state index in [2.05, 4.69) is 43.5 Å². The SMILES string of the molecule is CCCCCCCCC/C=C\CCCCCCCCCC(=O)OCCCCCCCC/C=C\CCCCCCCCCC(=O)NC(CO)C(O)CCCCCCCCCCCCCCCC.